The molecule has 2 amide bonds. The van der Waals surface area contributed by atoms with Crippen LogP contribution in [0.3, 0.4) is 0 Å². The summed E-state index contributed by atoms with van der Waals surface area (Å²) < 4.78 is 0. The summed E-state index contributed by atoms with van der Waals surface area (Å²) in [5.74, 6) is 0.900. The van der Waals surface area contributed by atoms with Crippen LogP contribution in [0.4, 0.5) is 0 Å². The predicted molar refractivity (Wildman–Crippen MR) is 137 cm³/mol. The summed E-state index contributed by atoms with van der Waals surface area (Å²) in [7, 11) is 1.63. The van der Waals surface area contributed by atoms with Gasteiger partial charge in [-0.1, -0.05) is 90.0 Å². The Bertz CT molecular complexity index is 1050. The summed E-state index contributed by atoms with van der Waals surface area (Å²) in [6.45, 7) is 4.50. The van der Waals surface area contributed by atoms with Gasteiger partial charge in [0.2, 0.25) is 11.8 Å². The van der Waals surface area contributed by atoms with Crippen molar-refractivity contribution in [3.63, 3.8) is 0 Å². The second kappa shape index (κ2) is 12.3. The SMILES string of the molecule is CNC(=O)[C@H](Cc1ccccc1)N(Cc1cccc(C)c1)C(=O)CSCc1ccc(C)cc1. The van der Waals surface area contributed by atoms with E-state index in [2.05, 4.69) is 42.6 Å². The van der Waals surface area contributed by atoms with E-state index in [4.69, 9.17) is 0 Å². The molecule has 172 valence electrons. The fourth-order valence-corrected chi connectivity index (χ4v) is 4.62. The van der Waals surface area contributed by atoms with E-state index in [1.54, 1.807) is 23.7 Å². The lowest BCUT2D eigenvalue weighted by Crippen LogP contribution is -2.50. The first-order valence-corrected chi connectivity index (χ1v) is 12.4. The second-order valence-electron chi connectivity index (χ2n) is 8.31. The van der Waals surface area contributed by atoms with E-state index >= 15 is 0 Å². The van der Waals surface area contributed by atoms with Gasteiger partial charge in [0, 0.05) is 25.8 Å². The Morgan fingerprint density at radius 2 is 1.55 bits per heavy atom. The van der Waals surface area contributed by atoms with Crippen molar-refractivity contribution in [2.24, 2.45) is 0 Å². The van der Waals surface area contributed by atoms with Gasteiger partial charge in [-0.25, -0.2) is 0 Å². The maximum Gasteiger partial charge on any atom is 0.242 e. The minimum absolute atomic E-state index is 0.0295. The summed E-state index contributed by atoms with van der Waals surface area (Å²) in [4.78, 5) is 28.1. The quantitative estimate of drug-likeness (QED) is 0.467. The molecule has 0 unspecified atom stereocenters. The third-order valence-corrected chi connectivity index (χ3v) is 6.56. The highest BCUT2D eigenvalue weighted by molar-refractivity contribution is 7.99. The first-order valence-electron chi connectivity index (χ1n) is 11.2. The van der Waals surface area contributed by atoms with Crippen molar-refractivity contribution >= 4 is 23.6 Å². The normalized spacial score (nSPS) is 11.6. The van der Waals surface area contributed by atoms with Gasteiger partial charge in [0.1, 0.15) is 6.04 Å². The number of carbonyl (C=O) groups is 2. The van der Waals surface area contributed by atoms with Crippen molar-refractivity contribution in [2.75, 3.05) is 12.8 Å². The van der Waals surface area contributed by atoms with E-state index < -0.39 is 6.04 Å². The Hall–Kier alpha value is -3.05. The van der Waals surface area contributed by atoms with Crippen molar-refractivity contribution < 1.29 is 9.59 Å². The van der Waals surface area contributed by atoms with Gasteiger partial charge >= 0.3 is 0 Å². The summed E-state index contributed by atoms with van der Waals surface area (Å²) in [6.07, 6.45) is 0.473. The molecule has 1 N–H and O–H groups in total. The van der Waals surface area contributed by atoms with E-state index in [1.807, 2.05) is 55.5 Å². The monoisotopic (exact) mass is 460 g/mol. The number of carbonyl (C=O) groups excluding carboxylic acids is 2. The van der Waals surface area contributed by atoms with Crippen LogP contribution in [0.5, 0.6) is 0 Å². The molecule has 0 radical (unpaired) electrons. The van der Waals surface area contributed by atoms with Crippen LogP contribution < -0.4 is 5.32 Å². The smallest absolute Gasteiger partial charge is 0.242 e. The van der Waals surface area contributed by atoms with E-state index in [1.165, 1.54) is 11.1 Å². The highest BCUT2D eigenvalue weighted by atomic mass is 32.2. The van der Waals surface area contributed by atoms with Crippen LogP contribution in [0.2, 0.25) is 0 Å². The maximum atomic E-state index is 13.5. The van der Waals surface area contributed by atoms with Gasteiger partial charge in [-0.3, -0.25) is 9.59 Å². The van der Waals surface area contributed by atoms with Gasteiger partial charge in [-0.2, -0.15) is 0 Å². The molecule has 0 fully saturated rings. The largest absolute Gasteiger partial charge is 0.357 e. The van der Waals surface area contributed by atoms with Crippen LogP contribution in [0.1, 0.15) is 27.8 Å². The number of nitrogens with zero attached hydrogens (tertiary/aromatic N) is 1. The molecule has 1 atom stereocenters. The lowest BCUT2D eigenvalue weighted by molar-refractivity contribution is -0.139. The molecule has 0 heterocycles. The number of aryl methyl sites for hydroxylation is 2. The van der Waals surface area contributed by atoms with E-state index in [9.17, 15) is 9.59 Å². The Morgan fingerprint density at radius 3 is 2.21 bits per heavy atom. The summed E-state index contributed by atoms with van der Waals surface area (Å²) in [5.41, 5.74) is 5.59. The van der Waals surface area contributed by atoms with E-state index in [-0.39, 0.29) is 11.8 Å². The molecular formula is C28H32N2O2S. The fourth-order valence-electron chi connectivity index (χ4n) is 3.75. The lowest BCUT2D eigenvalue weighted by Gasteiger charge is -2.31. The van der Waals surface area contributed by atoms with Gasteiger partial charge in [0.15, 0.2) is 0 Å². The summed E-state index contributed by atoms with van der Waals surface area (Å²) >= 11 is 1.58. The van der Waals surface area contributed by atoms with Crippen LogP contribution in [0.15, 0.2) is 78.9 Å². The van der Waals surface area contributed by atoms with Gasteiger partial charge < -0.3 is 10.2 Å². The number of amides is 2. The van der Waals surface area contributed by atoms with Crippen LogP contribution in [0, 0.1) is 13.8 Å². The fraction of sp³-hybridized carbons (Fsp3) is 0.286. The van der Waals surface area contributed by atoms with Gasteiger partial charge in [0.25, 0.3) is 0 Å². The number of nitrogens with one attached hydrogen (secondary N) is 1. The zero-order chi connectivity index (χ0) is 23.6. The number of rotatable bonds is 10. The molecule has 0 saturated carbocycles. The molecule has 0 saturated heterocycles. The Balaban J connectivity index is 1.80. The molecule has 4 nitrogen and oxygen atoms in total. The third kappa shape index (κ3) is 7.50. The molecule has 0 aromatic heterocycles. The molecule has 0 aliphatic heterocycles. The number of hydrogen-bond acceptors (Lipinski definition) is 3. The highest BCUT2D eigenvalue weighted by Crippen LogP contribution is 2.19. The first kappa shape index (κ1) is 24.6. The molecule has 0 spiro atoms. The van der Waals surface area contributed by atoms with Crippen LogP contribution >= 0.6 is 11.8 Å². The summed E-state index contributed by atoms with van der Waals surface area (Å²) in [5, 5.41) is 2.77. The van der Waals surface area contributed by atoms with Crippen LogP contribution in [-0.4, -0.2) is 35.6 Å². The third-order valence-electron chi connectivity index (χ3n) is 5.57. The molecule has 0 aliphatic carbocycles. The minimum Gasteiger partial charge on any atom is -0.357 e. The highest BCUT2D eigenvalue weighted by Gasteiger charge is 2.29. The molecule has 3 rings (SSSR count). The number of hydrogen-bond donors (Lipinski definition) is 1. The second-order valence-corrected chi connectivity index (χ2v) is 9.29. The van der Waals surface area contributed by atoms with Gasteiger partial charge in [-0.05, 0) is 30.5 Å². The Labute approximate surface area is 201 Å². The number of benzene rings is 3. The Kier molecular flexibility index (Phi) is 9.14. The molecule has 0 bridgehead atoms. The van der Waals surface area contributed by atoms with Crippen LogP contribution in [-0.2, 0) is 28.3 Å². The maximum absolute atomic E-state index is 13.5. The first-order chi connectivity index (χ1) is 16.0. The molecule has 33 heavy (non-hydrogen) atoms. The van der Waals surface area contributed by atoms with Crippen LogP contribution in [0.25, 0.3) is 0 Å². The zero-order valence-corrected chi connectivity index (χ0v) is 20.4. The van der Waals surface area contributed by atoms with Crippen molar-refractivity contribution in [3.05, 3.63) is 107 Å². The van der Waals surface area contributed by atoms with E-state index in [0.29, 0.717) is 18.7 Å². The molecule has 0 aliphatic rings. The van der Waals surface area contributed by atoms with Gasteiger partial charge in [-0.15, -0.1) is 11.8 Å². The molecule has 3 aromatic carbocycles. The number of thioether (sulfide) groups is 1. The number of likely N-dealkylation sites (N-methyl/N-ethyl adjacent to an activating group) is 1. The lowest BCUT2D eigenvalue weighted by atomic mass is 10.0. The van der Waals surface area contributed by atoms with Crippen molar-refractivity contribution in [2.45, 2.75) is 38.6 Å². The predicted octanol–water partition coefficient (Wildman–Crippen LogP) is 4.92. The standard InChI is InChI=1S/C28H32N2O2S/c1-21-12-14-24(15-13-21)19-33-20-27(31)30(18-25-11-7-8-22(2)16-25)26(28(32)29-3)17-23-9-5-4-6-10-23/h4-16,26H,17-20H2,1-3H3,(H,29,32)/t26-/m0/s1. The Morgan fingerprint density at radius 1 is 0.848 bits per heavy atom. The molecule has 5 heteroatoms. The minimum atomic E-state index is -0.578. The zero-order valence-electron chi connectivity index (χ0n) is 19.6. The average Bonchev–Trinajstić information content (AvgIpc) is 2.82. The summed E-state index contributed by atoms with van der Waals surface area (Å²) in [6, 6.07) is 25.8. The van der Waals surface area contributed by atoms with Crippen molar-refractivity contribution in [3.8, 4) is 0 Å². The van der Waals surface area contributed by atoms with Crippen molar-refractivity contribution in [1.29, 1.82) is 0 Å². The topological polar surface area (TPSA) is 49.4 Å². The van der Waals surface area contributed by atoms with Crippen molar-refractivity contribution in [1.82, 2.24) is 10.2 Å². The van der Waals surface area contributed by atoms with E-state index in [0.717, 1.165) is 22.4 Å². The molecule has 3 aromatic rings. The average molecular weight is 461 g/mol. The van der Waals surface area contributed by atoms with Gasteiger partial charge in [0.05, 0.1) is 5.75 Å². The molecular weight excluding hydrogens is 428 g/mol.